The van der Waals surface area contributed by atoms with E-state index in [1.807, 2.05) is 0 Å². The van der Waals surface area contributed by atoms with E-state index in [1.54, 1.807) is 0 Å². The van der Waals surface area contributed by atoms with E-state index in [2.05, 4.69) is 5.32 Å². The molecular weight excluding hydrogens is 313 g/mol. The molecule has 1 aromatic rings. The number of halogens is 4. The molecule has 1 rings (SSSR count). The molecule has 0 unspecified atom stereocenters. The standard InChI is InChI=1S/C12H12ClF3N2O3/c1-18(6-11(20)21)5-10(19)17-7-2-3-9(13)8(4-7)12(14,15)16/h2-4H,5-6H2,1H3,(H,17,19)(H,20,21). The quantitative estimate of drug-likeness (QED) is 0.872. The molecule has 0 aliphatic heterocycles. The zero-order valence-electron chi connectivity index (χ0n) is 10.9. The summed E-state index contributed by atoms with van der Waals surface area (Å²) in [7, 11) is 1.40. The number of carbonyl (C=O) groups excluding carboxylic acids is 1. The summed E-state index contributed by atoms with van der Waals surface area (Å²) >= 11 is 5.45. The Morgan fingerprint density at radius 3 is 2.48 bits per heavy atom. The molecule has 21 heavy (non-hydrogen) atoms. The van der Waals surface area contributed by atoms with Gasteiger partial charge in [-0.1, -0.05) is 11.6 Å². The highest BCUT2D eigenvalue weighted by Crippen LogP contribution is 2.36. The molecule has 0 spiro atoms. The highest BCUT2D eigenvalue weighted by molar-refractivity contribution is 6.31. The molecule has 0 aromatic heterocycles. The summed E-state index contributed by atoms with van der Waals surface area (Å²) in [5.74, 6) is -1.75. The molecule has 116 valence electrons. The first-order chi connectivity index (χ1) is 9.59. The summed E-state index contributed by atoms with van der Waals surface area (Å²) in [5.41, 5.74) is -1.12. The molecule has 0 aliphatic carbocycles. The molecule has 5 nitrogen and oxygen atoms in total. The van der Waals surface area contributed by atoms with Crippen LogP contribution in [0.1, 0.15) is 5.56 Å². The fourth-order valence-corrected chi connectivity index (χ4v) is 1.78. The van der Waals surface area contributed by atoms with E-state index in [1.165, 1.54) is 18.0 Å². The van der Waals surface area contributed by atoms with Gasteiger partial charge in [-0.2, -0.15) is 13.2 Å². The van der Waals surface area contributed by atoms with Crippen molar-refractivity contribution in [2.45, 2.75) is 6.18 Å². The lowest BCUT2D eigenvalue weighted by Gasteiger charge is -2.15. The summed E-state index contributed by atoms with van der Waals surface area (Å²) in [6.07, 6.45) is -4.63. The van der Waals surface area contributed by atoms with Gasteiger partial charge in [-0.15, -0.1) is 0 Å². The van der Waals surface area contributed by atoms with E-state index in [4.69, 9.17) is 16.7 Å². The van der Waals surface area contributed by atoms with Crippen LogP contribution < -0.4 is 5.32 Å². The Balaban J connectivity index is 2.75. The number of anilines is 1. The number of alkyl halides is 3. The van der Waals surface area contributed by atoms with Crippen LogP contribution >= 0.6 is 11.6 Å². The van der Waals surface area contributed by atoms with E-state index >= 15 is 0 Å². The maximum Gasteiger partial charge on any atom is 0.417 e. The molecule has 1 amide bonds. The molecular formula is C12H12ClF3N2O3. The number of carboxylic acids is 1. The van der Waals surface area contributed by atoms with Gasteiger partial charge < -0.3 is 10.4 Å². The lowest BCUT2D eigenvalue weighted by molar-refractivity contribution is -0.139. The number of amides is 1. The largest absolute Gasteiger partial charge is 0.480 e. The van der Waals surface area contributed by atoms with Crippen molar-refractivity contribution < 1.29 is 27.9 Å². The van der Waals surface area contributed by atoms with Crippen LogP contribution in [0.4, 0.5) is 18.9 Å². The van der Waals surface area contributed by atoms with Crippen LogP contribution in [0.2, 0.25) is 5.02 Å². The number of aliphatic carboxylic acids is 1. The minimum atomic E-state index is -4.63. The Morgan fingerprint density at radius 1 is 1.33 bits per heavy atom. The van der Waals surface area contributed by atoms with Gasteiger partial charge in [0.05, 0.1) is 23.7 Å². The number of carboxylic acid groups (broad SMARTS) is 1. The lowest BCUT2D eigenvalue weighted by Crippen LogP contribution is -2.33. The predicted octanol–water partition coefficient (Wildman–Crippen LogP) is 2.31. The predicted molar refractivity (Wildman–Crippen MR) is 70.2 cm³/mol. The lowest BCUT2D eigenvalue weighted by atomic mass is 10.2. The zero-order valence-corrected chi connectivity index (χ0v) is 11.6. The van der Waals surface area contributed by atoms with Crippen LogP contribution in [-0.2, 0) is 15.8 Å². The Hall–Kier alpha value is -1.80. The Labute approximate surface area is 123 Å². The topological polar surface area (TPSA) is 69.6 Å². The molecule has 0 fully saturated rings. The highest BCUT2D eigenvalue weighted by Gasteiger charge is 2.33. The molecule has 0 bridgehead atoms. The number of likely N-dealkylation sites (N-methyl/N-ethyl adjacent to an activating group) is 1. The third-order valence-electron chi connectivity index (χ3n) is 2.37. The van der Waals surface area contributed by atoms with Gasteiger partial charge in [0, 0.05) is 5.69 Å². The van der Waals surface area contributed by atoms with Crippen molar-refractivity contribution in [3.05, 3.63) is 28.8 Å². The van der Waals surface area contributed by atoms with E-state index < -0.39 is 28.6 Å². The van der Waals surface area contributed by atoms with Gasteiger partial charge in [-0.25, -0.2) is 0 Å². The number of hydrogen-bond acceptors (Lipinski definition) is 3. The number of carbonyl (C=O) groups is 2. The van der Waals surface area contributed by atoms with E-state index in [0.717, 1.165) is 12.1 Å². The number of nitrogens with zero attached hydrogens (tertiary/aromatic N) is 1. The maximum atomic E-state index is 12.6. The van der Waals surface area contributed by atoms with Crippen molar-refractivity contribution in [1.82, 2.24) is 4.90 Å². The van der Waals surface area contributed by atoms with Crippen molar-refractivity contribution >= 4 is 29.2 Å². The Bertz CT molecular complexity index is 549. The minimum absolute atomic E-state index is 0.0690. The van der Waals surface area contributed by atoms with Crippen LogP contribution in [0.15, 0.2) is 18.2 Å². The summed E-state index contributed by atoms with van der Waals surface area (Å²) in [5, 5.41) is 10.3. The number of rotatable bonds is 5. The summed E-state index contributed by atoms with van der Waals surface area (Å²) < 4.78 is 37.9. The van der Waals surface area contributed by atoms with Gasteiger partial charge in [0.2, 0.25) is 5.91 Å². The van der Waals surface area contributed by atoms with Gasteiger partial charge in [-0.05, 0) is 25.2 Å². The molecule has 2 N–H and O–H groups in total. The third-order valence-corrected chi connectivity index (χ3v) is 2.70. The van der Waals surface area contributed by atoms with Crippen molar-refractivity contribution in [2.75, 3.05) is 25.5 Å². The highest BCUT2D eigenvalue weighted by atomic mass is 35.5. The minimum Gasteiger partial charge on any atom is -0.480 e. The van der Waals surface area contributed by atoms with Gasteiger partial charge in [-0.3, -0.25) is 14.5 Å². The molecule has 0 saturated carbocycles. The smallest absolute Gasteiger partial charge is 0.417 e. The first-order valence-electron chi connectivity index (χ1n) is 5.66. The van der Waals surface area contributed by atoms with Gasteiger partial charge in [0.15, 0.2) is 0 Å². The summed E-state index contributed by atoms with van der Waals surface area (Å²) in [4.78, 5) is 23.2. The number of hydrogen-bond donors (Lipinski definition) is 2. The third kappa shape index (κ3) is 5.60. The van der Waals surface area contributed by atoms with E-state index in [0.29, 0.717) is 0 Å². The number of benzene rings is 1. The normalized spacial score (nSPS) is 11.5. The SMILES string of the molecule is CN(CC(=O)O)CC(=O)Nc1ccc(Cl)c(C(F)(F)F)c1. The second kappa shape index (κ2) is 6.77. The Morgan fingerprint density at radius 2 is 1.95 bits per heavy atom. The van der Waals surface area contributed by atoms with Crippen molar-refractivity contribution in [1.29, 1.82) is 0 Å². The van der Waals surface area contributed by atoms with Crippen LogP contribution in [0.25, 0.3) is 0 Å². The van der Waals surface area contributed by atoms with Crippen molar-refractivity contribution in [2.24, 2.45) is 0 Å². The first-order valence-corrected chi connectivity index (χ1v) is 6.04. The molecule has 0 atom stereocenters. The van der Waals surface area contributed by atoms with Crippen molar-refractivity contribution in [3.63, 3.8) is 0 Å². The van der Waals surface area contributed by atoms with E-state index in [9.17, 15) is 22.8 Å². The van der Waals surface area contributed by atoms with Crippen LogP contribution in [0.5, 0.6) is 0 Å². The molecule has 9 heteroatoms. The second-order valence-corrected chi connectivity index (χ2v) is 4.71. The summed E-state index contributed by atoms with van der Waals surface area (Å²) in [6.45, 7) is -0.627. The molecule has 0 saturated heterocycles. The van der Waals surface area contributed by atoms with Gasteiger partial charge in [0.25, 0.3) is 0 Å². The second-order valence-electron chi connectivity index (χ2n) is 4.31. The monoisotopic (exact) mass is 324 g/mol. The average molecular weight is 325 g/mol. The fraction of sp³-hybridized carbons (Fsp3) is 0.333. The molecule has 0 radical (unpaired) electrons. The average Bonchev–Trinajstić information content (AvgIpc) is 2.28. The van der Waals surface area contributed by atoms with Gasteiger partial charge in [0.1, 0.15) is 0 Å². The molecule has 0 heterocycles. The zero-order chi connectivity index (χ0) is 16.2. The molecule has 0 aliphatic rings. The van der Waals surface area contributed by atoms with E-state index in [-0.39, 0.29) is 18.8 Å². The Kier molecular flexibility index (Phi) is 5.56. The van der Waals surface area contributed by atoms with Crippen LogP contribution in [0.3, 0.4) is 0 Å². The fourth-order valence-electron chi connectivity index (χ4n) is 1.55. The summed E-state index contributed by atoms with van der Waals surface area (Å²) in [6, 6.07) is 2.98. The maximum absolute atomic E-state index is 12.6. The van der Waals surface area contributed by atoms with Crippen molar-refractivity contribution in [3.8, 4) is 0 Å². The van der Waals surface area contributed by atoms with Crippen LogP contribution in [-0.4, -0.2) is 42.0 Å². The number of nitrogens with one attached hydrogen (secondary N) is 1. The molecule has 1 aromatic carbocycles. The first kappa shape index (κ1) is 17.3. The van der Waals surface area contributed by atoms with Gasteiger partial charge >= 0.3 is 12.1 Å². The van der Waals surface area contributed by atoms with Crippen LogP contribution in [0, 0.1) is 0 Å².